The van der Waals surface area contributed by atoms with Gasteiger partial charge in [0.2, 0.25) is 0 Å². The first-order valence-corrected chi connectivity index (χ1v) is 7.29. The van der Waals surface area contributed by atoms with Crippen molar-refractivity contribution in [3.63, 3.8) is 0 Å². The number of amides is 1. The molecule has 0 radical (unpaired) electrons. The molecule has 0 spiro atoms. The third kappa shape index (κ3) is 4.55. The van der Waals surface area contributed by atoms with E-state index in [0.29, 0.717) is 17.7 Å². The lowest BCUT2D eigenvalue weighted by Gasteiger charge is -2.16. The van der Waals surface area contributed by atoms with Crippen LogP contribution < -0.4 is 5.32 Å². The molecule has 1 aromatic carbocycles. The van der Waals surface area contributed by atoms with Gasteiger partial charge >= 0.3 is 5.97 Å². The Labute approximate surface area is 129 Å². The molecule has 1 N–H and O–H groups in total. The van der Waals surface area contributed by atoms with Gasteiger partial charge in [0.25, 0.3) is 5.91 Å². The molecule has 2 rings (SSSR count). The largest absolute Gasteiger partial charge is 0.455 e. The van der Waals surface area contributed by atoms with Crippen molar-refractivity contribution >= 4 is 23.3 Å². The van der Waals surface area contributed by atoms with Crippen LogP contribution in [-0.2, 0) is 14.3 Å². The van der Waals surface area contributed by atoms with Gasteiger partial charge in [0, 0.05) is 11.3 Å². The summed E-state index contributed by atoms with van der Waals surface area (Å²) in [7, 11) is 0. The molecule has 0 unspecified atom stereocenters. The molecule has 0 aliphatic heterocycles. The Kier molecular flexibility index (Phi) is 5.47. The van der Waals surface area contributed by atoms with Crippen LogP contribution in [0.4, 0.5) is 5.69 Å². The monoisotopic (exact) mass is 301 g/mol. The minimum absolute atomic E-state index is 0.0760. The zero-order chi connectivity index (χ0) is 15.9. The van der Waals surface area contributed by atoms with Gasteiger partial charge in [-0.2, -0.15) is 0 Å². The van der Waals surface area contributed by atoms with E-state index in [1.165, 1.54) is 6.92 Å². The first-order chi connectivity index (χ1) is 10.6. The number of esters is 1. The van der Waals surface area contributed by atoms with Crippen molar-refractivity contribution in [2.75, 3.05) is 11.9 Å². The maximum atomic E-state index is 11.8. The Balaban J connectivity index is 1.82. The molecule has 5 heteroatoms. The fourth-order valence-electron chi connectivity index (χ4n) is 2.28. The number of anilines is 1. The number of benzene rings is 1. The third-order valence-electron chi connectivity index (χ3n) is 3.50. The third-order valence-corrected chi connectivity index (χ3v) is 3.50. The number of hydrogen-bond acceptors (Lipinski definition) is 4. The minimum atomic E-state index is -0.416. The summed E-state index contributed by atoms with van der Waals surface area (Å²) in [5.41, 5.74) is 1.03. The molecule has 1 amide bonds. The van der Waals surface area contributed by atoms with Crippen LogP contribution in [0.3, 0.4) is 0 Å². The van der Waals surface area contributed by atoms with E-state index in [4.69, 9.17) is 4.74 Å². The molecule has 116 valence electrons. The molecule has 5 nitrogen and oxygen atoms in total. The zero-order valence-corrected chi connectivity index (χ0v) is 12.5. The number of nitrogens with one attached hydrogen (secondary N) is 1. The standard InChI is InChI=1S/C17H19NO4/c1-12(19)14-8-5-9-15(10-14)18-16(20)11-22-17(21)13-6-3-2-4-7-13/h2-3,5,8-10,13H,4,6-7,11H2,1H3,(H,18,20)/t13-/m0/s1. The van der Waals surface area contributed by atoms with Gasteiger partial charge in [0.1, 0.15) is 0 Å². The maximum Gasteiger partial charge on any atom is 0.309 e. The van der Waals surface area contributed by atoms with Crippen LogP contribution in [-0.4, -0.2) is 24.3 Å². The highest BCUT2D eigenvalue weighted by molar-refractivity contribution is 5.97. The van der Waals surface area contributed by atoms with E-state index in [2.05, 4.69) is 5.32 Å². The molecule has 0 saturated heterocycles. The van der Waals surface area contributed by atoms with Crippen LogP contribution in [0.1, 0.15) is 36.5 Å². The number of carbonyl (C=O) groups is 3. The van der Waals surface area contributed by atoms with E-state index in [1.54, 1.807) is 24.3 Å². The summed E-state index contributed by atoms with van der Waals surface area (Å²) in [5, 5.41) is 2.61. The summed E-state index contributed by atoms with van der Waals surface area (Å²) < 4.78 is 5.04. The van der Waals surface area contributed by atoms with Gasteiger partial charge in [0.05, 0.1) is 5.92 Å². The number of allylic oxidation sites excluding steroid dienone is 2. The molecule has 1 atom stereocenters. The molecular weight excluding hydrogens is 282 g/mol. The molecule has 0 saturated carbocycles. The average molecular weight is 301 g/mol. The van der Waals surface area contributed by atoms with E-state index in [1.807, 2.05) is 12.2 Å². The molecule has 22 heavy (non-hydrogen) atoms. The Morgan fingerprint density at radius 1 is 1.27 bits per heavy atom. The molecule has 0 bridgehead atoms. The summed E-state index contributed by atoms with van der Waals surface area (Å²) in [4.78, 5) is 34.9. The lowest BCUT2D eigenvalue weighted by atomic mass is 9.95. The number of rotatable bonds is 5. The first-order valence-electron chi connectivity index (χ1n) is 7.29. The van der Waals surface area contributed by atoms with Crippen LogP contribution in [0.25, 0.3) is 0 Å². The lowest BCUT2D eigenvalue weighted by Crippen LogP contribution is -2.25. The van der Waals surface area contributed by atoms with Crippen LogP contribution in [0, 0.1) is 5.92 Å². The van der Waals surface area contributed by atoms with Crippen LogP contribution in [0.5, 0.6) is 0 Å². The molecule has 1 aromatic rings. The van der Waals surface area contributed by atoms with E-state index in [9.17, 15) is 14.4 Å². The fourth-order valence-corrected chi connectivity index (χ4v) is 2.28. The average Bonchev–Trinajstić information content (AvgIpc) is 2.53. The number of carbonyl (C=O) groups excluding carboxylic acids is 3. The second-order valence-electron chi connectivity index (χ2n) is 5.27. The number of ether oxygens (including phenoxy) is 1. The highest BCUT2D eigenvalue weighted by Gasteiger charge is 2.20. The number of ketones is 1. The maximum absolute atomic E-state index is 11.8. The quantitative estimate of drug-likeness (QED) is 0.515. The second-order valence-corrected chi connectivity index (χ2v) is 5.27. The van der Waals surface area contributed by atoms with E-state index >= 15 is 0 Å². The topological polar surface area (TPSA) is 72.5 Å². The van der Waals surface area contributed by atoms with E-state index < -0.39 is 5.91 Å². The lowest BCUT2D eigenvalue weighted by molar-refractivity contribution is -0.151. The Morgan fingerprint density at radius 2 is 2.09 bits per heavy atom. The normalized spacial score (nSPS) is 16.9. The van der Waals surface area contributed by atoms with Crippen molar-refractivity contribution in [3.8, 4) is 0 Å². The van der Waals surface area contributed by atoms with Crippen LogP contribution in [0.15, 0.2) is 36.4 Å². The molecule has 0 fully saturated rings. The Hall–Kier alpha value is -2.43. The zero-order valence-electron chi connectivity index (χ0n) is 12.5. The van der Waals surface area contributed by atoms with Gasteiger partial charge in [-0.05, 0) is 38.3 Å². The second kappa shape index (κ2) is 7.54. The smallest absolute Gasteiger partial charge is 0.309 e. The summed E-state index contributed by atoms with van der Waals surface area (Å²) in [6.45, 7) is 1.14. The summed E-state index contributed by atoms with van der Waals surface area (Å²) in [6.07, 6.45) is 6.30. The Morgan fingerprint density at radius 3 is 2.77 bits per heavy atom. The number of Topliss-reactive ketones (excluding diaryl/α,β-unsaturated/α-hetero) is 1. The molecule has 1 aliphatic carbocycles. The van der Waals surface area contributed by atoms with Gasteiger partial charge in [-0.15, -0.1) is 0 Å². The first kappa shape index (κ1) is 15.9. The predicted octanol–water partition coefficient (Wildman–Crippen LogP) is 2.73. The van der Waals surface area contributed by atoms with Crippen LogP contribution in [0.2, 0.25) is 0 Å². The predicted molar refractivity (Wildman–Crippen MR) is 82.5 cm³/mol. The van der Waals surface area contributed by atoms with Crippen molar-refractivity contribution in [1.29, 1.82) is 0 Å². The van der Waals surface area contributed by atoms with E-state index in [-0.39, 0.29) is 24.3 Å². The SMILES string of the molecule is CC(=O)c1cccc(NC(=O)COC(=O)[C@H]2CC=CCC2)c1. The van der Waals surface area contributed by atoms with Crippen molar-refractivity contribution in [2.24, 2.45) is 5.92 Å². The van der Waals surface area contributed by atoms with Gasteiger partial charge in [-0.25, -0.2) is 0 Å². The molecule has 1 aliphatic rings. The van der Waals surface area contributed by atoms with Crippen molar-refractivity contribution in [1.82, 2.24) is 0 Å². The van der Waals surface area contributed by atoms with Crippen molar-refractivity contribution in [2.45, 2.75) is 26.2 Å². The van der Waals surface area contributed by atoms with Crippen molar-refractivity contribution in [3.05, 3.63) is 42.0 Å². The number of hydrogen-bond donors (Lipinski definition) is 1. The fraction of sp³-hybridized carbons (Fsp3) is 0.353. The molecule has 0 heterocycles. The van der Waals surface area contributed by atoms with Crippen molar-refractivity contribution < 1.29 is 19.1 Å². The van der Waals surface area contributed by atoms with Crippen LogP contribution >= 0.6 is 0 Å². The van der Waals surface area contributed by atoms with Gasteiger partial charge in [-0.3, -0.25) is 14.4 Å². The van der Waals surface area contributed by atoms with Gasteiger partial charge in [-0.1, -0.05) is 24.3 Å². The summed E-state index contributed by atoms with van der Waals surface area (Å²) >= 11 is 0. The minimum Gasteiger partial charge on any atom is -0.455 e. The van der Waals surface area contributed by atoms with Gasteiger partial charge in [0.15, 0.2) is 12.4 Å². The summed E-state index contributed by atoms with van der Waals surface area (Å²) in [5.74, 6) is -0.982. The van der Waals surface area contributed by atoms with E-state index in [0.717, 1.165) is 12.8 Å². The summed E-state index contributed by atoms with van der Waals surface area (Å²) in [6, 6.07) is 6.63. The molecular formula is C17H19NO4. The molecule has 0 aromatic heterocycles. The Bertz CT molecular complexity index is 606. The highest BCUT2D eigenvalue weighted by Crippen LogP contribution is 2.19. The highest BCUT2D eigenvalue weighted by atomic mass is 16.5. The van der Waals surface area contributed by atoms with Gasteiger partial charge < -0.3 is 10.1 Å².